The van der Waals surface area contributed by atoms with E-state index in [1.807, 2.05) is 24.3 Å². The Bertz CT molecular complexity index is 1020. The highest BCUT2D eigenvalue weighted by atomic mass is 16.3. The molecule has 2 heterocycles. The molecule has 1 aromatic carbocycles. The third-order valence-electron chi connectivity index (χ3n) is 5.05. The Morgan fingerprint density at radius 1 is 1.13 bits per heavy atom. The number of aliphatic hydroxyl groups excluding tert-OH is 1. The summed E-state index contributed by atoms with van der Waals surface area (Å²) in [7, 11) is 0. The first kappa shape index (κ1) is 22.7. The Labute approximate surface area is 183 Å². The van der Waals surface area contributed by atoms with Gasteiger partial charge in [0.15, 0.2) is 17.3 Å². The Hall–Kier alpha value is -3.00. The zero-order valence-electron chi connectivity index (χ0n) is 19.1. The molecule has 2 aliphatic heterocycles. The number of anilines is 2. The van der Waals surface area contributed by atoms with Crippen molar-refractivity contribution in [2.24, 2.45) is 0 Å². The zero-order chi connectivity index (χ0) is 22.7. The predicted molar refractivity (Wildman–Crippen MR) is 123 cm³/mol. The number of ketones is 1. The van der Waals surface area contributed by atoms with Crippen LogP contribution < -0.4 is 10.6 Å². The number of hydrogen-bond acceptors (Lipinski definition) is 7. The maximum Gasteiger partial charge on any atom is 0.205 e. The number of rotatable bonds is 9. The van der Waals surface area contributed by atoms with Crippen LogP contribution in [0.5, 0.6) is 0 Å². The van der Waals surface area contributed by atoms with Crippen LogP contribution in [0, 0.1) is 0 Å². The summed E-state index contributed by atoms with van der Waals surface area (Å²) in [5, 5.41) is 25.3. The second-order valence-corrected chi connectivity index (χ2v) is 8.52. The molecule has 2 aliphatic rings. The lowest BCUT2D eigenvalue weighted by molar-refractivity contribution is 0.101. The minimum Gasteiger partial charge on any atom is -0.392 e. The van der Waals surface area contributed by atoms with Crippen molar-refractivity contribution >= 4 is 17.5 Å². The molecule has 1 aromatic rings. The van der Waals surface area contributed by atoms with Gasteiger partial charge in [-0.25, -0.2) is 0 Å². The second-order valence-electron chi connectivity index (χ2n) is 8.52. The van der Waals surface area contributed by atoms with Crippen molar-refractivity contribution in [3.05, 3.63) is 41.1 Å². The van der Waals surface area contributed by atoms with Gasteiger partial charge in [-0.05, 0) is 45.2 Å². The van der Waals surface area contributed by atoms with Gasteiger partial charge < -0.3 is 20.3 Å². The molecule has 1 unspecified atom stereocenters. The van der Waals surface area contributed by atoms with E-state index in [4.69, 9.17) is 4.98 Å². The summed E-state index contributed by atoms with van der Waals surface area (Å²) in [6.07, 6.45) is -0.510. The van der Waals surface area contributed by atoms with E-state index in [2.05, 4.69) is 53.1 Å². The Kier molecular flexibility index (Phi) is 6.90. The number of aliphatic hydroxyl groups is 1. The number of nitrogens with one attached hydrogen (secondary N) is 2. The second kappa shape index (κ2) is 9.43. The first-order chi connectivity index (χ1) is 14.7. The van der Waals surface area contributed by atoms with E-state index in [1.54, 1.807) is 13.8 Å². The molecule has 3 rings (SSSR count). The number of carbonyl (C=O) groups excluding carboxylic acids is 1. The molecule has 0 fully saturated rings. The number of fused-ring (bicyclic) bond motifs is 1. The molecule has 31 heavy (non-hydrogen) atoms. The molecule has 0 aromatic heterocycles. The van der Waals surface area contributed by atoms with E-state index in [0.717, 1.165) is 17.0 Å². The lowest BCUT2D eigenvalue weighted by Crippen LogP contribution is -2.23. The molecule has 0 amide bonds. The molecule has 0 spiro atoms. The van der Waals surface area contributed by atoms with Gasteiger partial charge in [-0.15, -0.1) is 5.10 Å². The van der Waals surface area contributed by atoms with Gasteiger partial charge >= 0.3 is 0 Å². The van der Waals surface area contributed by atoms with Crippen LogP contribution in [0.3, 0.4) is 0 Å². The van der Waals surface area contributed by atoms with Gasteiger partial charge in [0.2, 0.25) is 5.95 Å². The van der Waals surface area contributed by atoms with E-state index in [9.17, 15) is 9.90 Å². The van der Waals surface area contributed by atoms with Crippen molar-refractivity contribution in [1.29, 1.82) is 0 Å². The van der Waals surface area contributed by atoms with E-state index in [-0.39, 0.29) is 17.7 Å². The minimum absolute atomic E-state index is 0.0353. The quantitative estimate of drug-likeness (QED) is 0.444. The molecule has 8 nitrogen and oxygen atoms in total. The molecule has 0 saturated carbocycles. The smallest absolute Gasteiger partial charge is 0.205 e. The van der Waals surface area contributed by atoms with Gasteiger partial charge in [0.1, 0.15) is 0 Å². The lowest BCUT2D eigenvalue weighted by Gasteiger charge is -2.24. The number of benzene rings is 1. The van der Waals surface area contributed by atoms with Crippen LogP contribution in [0.2, 0.25) is 0 Å². The topological polar surface area (TPSA) is 105 Å². The third kappa shape index (κ3) is 5.02. The highest BCUT2D eigenvalue weighted by Gasteiger charge is 2.27. The summed E-state index contributed by atoms with van der Waals surface area (Å²) in [4.78, 5) is 16.5. The summed E-state index contributed by atoms with van der Waals surface area (Å²) in [5.41, 5.74) is 4.21. The highest BCUT2D eigenvalue weighted by Crippen LogP contribution is 2.37. The molecule has 0 saturated heterocycles. The normalized spacial score (nSPS) is 12.5. The average molecular weight is 425 g/mol. The van der Waals surface area contributed by atoms with Crippen molar-refractivity contribution < 1.29 is 9.90 Å². The Morgan fingerprint density at radius 3 is 2.48 bits per heavy atom. The average Bonchev–Trinajstić information content (AvgIpc) is 3.15. The maximum atomic E-state index is 11.7. The van der Waals surface area contributed by atoms with E-state index < -0.39 is 6.10 Å². The van der Waals surface area contributed by atoms with Crippen LogP contribution >= 0.6 is 0 Å². The van der Waals surface area contributed by atoms with Crippen LogP contribution in [0.4, 0.5) is 11.8 Å². The van der Waals surface area contributed by atoms with Crippen LogP contribution in [0.1, 0.15) is 75.1 Å². The number of carbonyl (C=O) groups is 1. The summed E-state index contributed by atoms with van der Waals surface area (Å²) in [6, 6.07) is 7.66. The predicted octanol–water partition coefficient (Wildman–Crippen LogP) is 4.09. The molecular weight excluding hydrogens is 392 g/mol. The fourth-order valence-electron chi connectivity index (χ4n) is 3.50. The largest absolute Gasteiger partial charge is 0.392 e. The Morgan fingerprint density at radius 2 is 1.87 bits per heavy atom. The molecule has 1 atom stereocenters. The van der Waals surface area contributed by atoms with Crippen molar-refractivity contribution in [2.45, 2.75) is 66.2 Å². The summed E-state index contributed by atoms with van der Waals surface area (Å²) >= 11 is 0. The summed E-state index contributed by atoms with van der Waals surface area (Å²) < 4.78 is 2.09. The molecule has 0 bridgehead atoms. The van der Waals surface area contributed by atoms with Crippen molar-refractivity contribution in [3.63, 3.8) is 0 Å². The van der Waals surface area contributed by atoms with Crippen molar-refractivity contribution in [2.75, 3.05) is 17.2 Å². The minimum atomic E-state index is -0.510. The summed E-state index contributed by atoms with van der Waals surface area (Å²) in [5.74, 6) is 1.50. The molecule has 8 heteroatoms. The van der Waals surface area contributed by atoms with Crippen LogP contribution in [0.25, 0.3) is 11.4 Å². The Balaban J connectivity index is 2.04. The highest BCUT2D eigenvalue weighted by molar-refractivity contribution is 5.94. The molecule has 0 aliphatic carbocycles. The van der Waals surface area contributed by atoms with E-state index >= 15 is 0 Å². The zero-order valence-corrected chi connectivity index (χ0v) is 19.1. The number of hydrogen-bond donors (Lipinski definition) is 3. The number of aromatic nitrogens is 4. The van der Waals surface area contributed by atoms with E-state index in [0.29, 0.717) is 36.1 Å². The van der Waals surface area contributed by atoms with Crippen LogP contribution in [-0.4, -0.2) is 43.3 Å². The van der Waals surface area contributed by atoms with E-state index in [1.165, 1.54) is 0 Å². The molecule has 0 radical (unpaired) electrons. The fourth-order valence-corrected chi connectivity index (χ4v) is 3.50. The van der Waals surface area contributed by atoms with Gasteiger partial charge in [0, 0.05) is 24.7 Å². The summed E-state index contributed by atoms with van der Waals surface area (Å²) in [6.45, 7) is 12.5. The third-order valence-corrected chi connectivity index (χ3v) is 5.05. The molecule has 166 valence electrons. The SMILES string of the molecule is CC(=O)c1cccc(CNc2nc(NCC(C)O)n(C(C)C)c3c(C(C)C)nnc2-3)c1. The van der Waals surface area contributed by atoms with Gasteiger partial charge in [-0.3, -0.25) is 4.79 Å². The van der Waals surface area contributed by atoms with Crippen LogP contribution in [0.15, 0.2) is 24.3 Å². The number of nitrogens with zero attached hydrogens (tertiary/aromatic N) is 4. The fraction of sp³-hybridized carbons (Fsp3) is 0.478. The monoisotopic (exact) mass is 424 g/mol. The van der Waals surface area contributed by atoms with Gasteiger partial charge in [-0.2, -0.15) is 10.1 Å². The first-order valence-corrected chi connectivity index (χ1v) is 10.7. The first-order valence-electron chi connectivity index (χ1n) is 10.7. The standard InChI is InChI=1S/C23H32N6O2/c1-13(2)19-21-20(28-27-19)22(24-12-17-8-7-9-18(10-17)16(6)31)26-23(25-11-15(5)30)29(21)14(3)4/h7-10,13-15,24,30H,11-12H2,1-6H3,(H,25,26). The van der Waals surface area contributed by atoms with Gasteiger partial charge in [0.05, 0.1) is 17.5 Å². The number of Topliss-reactive ketones (excluding diaryl/α,β-unsaturated/α-hetero) is 1. The molecule has 3 N–H and O–H groups in total. The van der Waals surface area contributed by atoms with Crippen molar-refractivity contribution in [3.8, 4) is 11.4 Å². The van der Waals surface area contributed by atoms with Gasteiger partial charge in [0.25, 0.3) is 0 Å². The lowest BCUT2D eigenvalue weighted by atomic mass is 10.1. The van der Waals surface area contributed by atoms with Gasteiger partial charge in [-0.1, -0.05) is 32.0 Å². The van der Waals surface area contributed by atoms with Crippen molar-refractivity contribution in [1.82, 2.24) is 19.7 Å². The van der Waals surface area contributed by atoms with Crippen LogP contribution in [-0.2, 0) is 6.54 Å². The maximum absolute atomic E-state index is 11.7. The molecular formula is C23H32N6O2.